The van der Waals surface area contributed by atoms with E-state index in [2.05, 4.69) is 36.3 Å². The molecule has 2 heterocycles. The summed E-state index contributed by atoms with van der Waals surface area (Å²) in [5.41, 5.74) is 7.02. The topological polar surface area (TPSA) is 96.9 Å². The monoisotopic (exact) mass is 276 g/mol. The van der Waals surface area contributed by atoms with Crippen molar-refractivity contribution < 1.29 is 9.21 Å². The second-order valence-electron chi connectivity index (χ2n) is 5.98. The lowest BCUT2D eigenvalue weighted by Gasteiger charge is -2.15. The average Bonchev–Trinajstić information content (AvgIpc) is 2.96. The van der Waals surface area contributed by atoms with Crippen molar-refractivity contribution in [2.75, 3.05) is 5.32 Å². The summed E-state index contributed by atoms with van der Waals surface area (Å²) in [4.78, 5) is 12.0. The minimum Gasteiger partial charge on any atom is -0.467 e. The predicted molar refractivity (Wildman–Crippen MR) is 76.3 cm³/mol. The highest BCUT2D eigenvalue weighted by molar-refractivity contribution is 6.03. The fourth-order valence-electron chi connectivity index (χ4n) is 1.88. The third kappa shape index (κ3) is 3.71. The number of amides is 1. The Morgan fingerprint density at radius 2 is 2.20 bits per heavy atom. The van der Waals surface area contributed by atoms with Gasteiger partial charge in [0, 0.05) is 11.8 Å². The molecular weight excluding hydrogens is 256 g/mol. The Balaban J connectivity index is 2.01. The molecule has 0 unspecified atom stereocenters. The third-order valence-corrected chi connectivity index (χ3v) is 2.71. The first-order valence-electron chi connectivity index (χ1n) is 6.50. The van der Waals surface area contributed by atoms with Gasteiger partial charge in [-0.05, 0) is 17.9 Å². The number of rotatable bonds is 4. The summed E-state index contributed by atoms with van der Waals surface area (Å²) >= 11 is 0. The van der Waals surface area contributed by atoms with E-state index in [1.165, 1.54) is 6.26 Å². The summed E-state index contributed by atoms with van der Waals surface area (Å²) in [5, 5.41) is 9.73. The Labute approximate surface area is 117 Å². The van der Waals surface area contributed by atoms with Gasteiger partial charge in [-0.1, -0.05) is 20.8 Å². The van der Waals surface area contributed by atoms with E-state index in [1.54, 1.807) is 6.07 Å². The van der Waals surface area contributed by atoms with Gasteiger partial charge >= 0.3 is 0 Å². The molecule has 2 aromatic rings. The molecule has 6 nitrogen and oxygen atoms in total. The zero-order valence-corrected chi connectivity index (χ0v) is 12.0. The molecule has 0 aromatic carbocycles. The van der Waals surface area contributed by atoms with E-state index in [0.717, 1.165) is 12.1 Å². The first kappa shape index (κ1) is 14.3. The lowest BCUT2D eigenvalue weighted by Crippen LogP contribution is -2.11. The van der Waals surface area contributed by atoms with E-state index >= 15 is 0 Å². The number of aromatic nitrogens is 2. The third-order valence-electron chi connectivity index (χ3n) is 2.71. The molecule has 0 bridgehead atoms. The molecule has 0 radical (unpaired) electrons. The number of hydrogen-bond acceptors (Lipinski definition) is 4. The molecule has 0 aliphatic carbocycles. The molecule has 2 aromatic heterocycles. The molecule has 20 heavy (non-hydrogen) atoms. The van der Waals surface area contributed by atoms with Crippen LogP contribution in [0.3, 0.4) is 0 Å². The van der Waals surface area contributed by atoms with E-state index in [1.807, 2.05) is 6.07 Å². The Kier molecular flexibility index (Phi) is 3.94. The Morgan fingerprint density at radius 1 is 1.45 bits per heavy atom. The number of carbonyl (C=O) groups excluding carboxylic acids is 1. The number of furan rings is 1. The first-order valence-corrected chi connectivity index (χ1v) is 6.50. The molecule has 108 valence electrons. The normalized spacial score (nSPS) is 11.6. The van der Waals surface area contributed by atoms with Crippen molar-refractivity contribution in [2.24, 2.45) is 11.1 Å². The summed E-state index contributed by atoms with van der Waals surface area (Å²) < 4.78 is 5.13. The van der Waals surface area contributed by atoms with Crippen LogP contribution in [0.4, 0.5) is 5.82 Å². The highest BCUT2D eigenvalue weighted by Gasteiger charge is 2.15. The molecule has 0 atom stereocenters. The standard InChI is InChI=1S/C14H20N4O2/c1-14(2,3)6-10-5-12(18-17-10)16-13(19)9-4-11(7-15)20-8-9/h4-5,8H,6-7,15H2,1-3H3,(H2,16,17,18,19). The number of H-pyrrole nitrogens is 1. The molecule has 0 spiro atoms. The van der Waals surface area contributed by atoms with Gasteiger partial charge in [-0.15, -0.1) is 0 Å². The van der Waals surface area contributed by atoms with Crippen LogP contribution in [0.15, 0.2) is 22.8 Å². The fourth-order valence-corrected chi connectivity index (χ4v) is 1.88. The molecule has 0 saturated heterocycles. The van der Waals surface area contributed by atoms with E-state index in [4.69, 9.17) is 10.2 Å². The minimum absolute atomic E-state index is 0.161. The van der Waals surface area contributed by atoms with E-state index in [9.17, 15) is 4.79 Å². The first-order chi connectivity index (χ1) is 9.37. The SMILES string of the molecule is CC(C)(C)Cc1cc(NC(=O)c2coc(CN)c2)n[nH]1. The highest BCUT2D eigenvalue weighted by atomic mass is 16.3. The number of anilines is 1. The van der Waals surface area contributed by atoms with Crippen LogP contribution in [0.2, 0.25) is 0 Å². The molecule has 1 amide bonds. The maximum atomic E-state index is 12.0. The van der Waals surface area contributed by atoms with Crippen molar-refractivity contribution in [2.45, 2.75) is 33.7 Å². The van der Waals surface area contributed by atoms with E-state index < -0.39 is 0 Å². The zero-order valence-electron chi connectivity index (χ0n) is 12.0. The van der Waals surface area contributed by atoms with Crippen molar-refractivity contribution in [3.8, 4) is 0 Å². The molecule has 0 aliphatic heterocycles. The van der Waals surface area contributed by atoms with Crippen LogP contribution in [-0.4, -0.2) is 16.1 Å². The van der Waals surface area contributed by atoms with E-state index in [0.29, 0.717) is 17.1 Å². The second kappa shape index (κ2) is 5.50. The number of nitrogens with one attached hydrogen (secondary N) is 2. The Morgan fingerprint density at radius 3 is 2.80 bits per heavy atom. The van der Waals surface area contributed by atoms with Gasteiger partial charge in [-0.25, -0.2) is 0 Å². The van der Waals surface area contributed by atoms with Crippen LogP contribution in [0.5, 0.6) is 0 Å². The van der Waals surface area contributed by atoms with Crippen molar-refractivity contribution >= 4 is 11.7 Å². The number of nitrogens with two attached hydrogens (primary N) is 1. The number of nitrogens with zero attached hydrogens (tertiary/aromatic N) is 1. The van der Waals surface area contributed by atoms with Gasteiger partial charge in [0.2, 0.25) is 0 Å². The molecule has 2 rings (SSSR count). The molecular formula is C14H20N4O2. The molecule has 0 aliphatic rings. The van der Waals surface area contributed by atoms with Crippen LogP contribution < -0.4 is 11.1 Å². The smallest absolute Gasteiger partial charge is 0.260 e. The summed E-state index contributed by atoms with van der Waals surface area (Å²) in [6.45, 7) is 6.70. The zero-order chi connectivity index (χ0) is 14.8. The summed E-state index contributed by atoms with van der Waals surface area (Å²) in [7, 11) is 0. The van der Waals surface area contributed by atoms with Crippen LogP contribution in [0, 0.1) is 5.41 Å². The van der Waals surface area contributed by atoms with Crippen LogP contribution in [-0.2, 0) is 13.0 Å². The molecule has 0 fully saturated rings. The fraction of sp³-hybridized carbons (Fsp3) is 0.429. The van der Waals surface area contributed by atoms with Gasteiger partial charge in [-0.2, -0.15) is 5.10 Å². The highest BCUT2D eigenvalue weighted by Crippen LogP contribution is 2.20. The van der Waals surface area contributed by atoms with Gasteiger partial charge in [0.15, 0.2) is 5.82 Å². The van der Waals surface area contributed by atoms with Crippen molar-refractivity contribution in [1.82, 2.24) is 10.2 Å². The predicted octanol–water partition coefficient (Wildman–Crippen LogP) is 2.30. The average molecular weight is 276 g/mol. The van der Waals surface area contributed by atoms with Crippen molar-refractivity contribution in [3.63, 3.8) is 0 Å². The van der Waals surface area contributed by atoms with Gasteiger partial charge in [0.25, 0.3) is 5.91 Å². The largest absolute Gasteiger partial charge is 0.467 e. The van der Waals surface area contributed by atoms with Gasteiger partial charge in [-0.3, -0.25) is 9.89 Å². The van der Waals surface area contributed by atoms with Gasteiger partial charge in [0.1, 0.15) is 12.0 Å². The lowest BCUT2D eigenvalue weighted by molar-refractivity contribution is 0.102. The Hall–Kier alpha value is -2.08. The Bertz CT molecular complexity index is 592. The van der Waals surface area contributed by atoms with Crippen LogP contribution >= 0.6 is 0 Å². The van der Waals surface area contributed by atoms with E-state index in [-0.39, 0.29) is 17.9 Å². The maximum Gasteiger partial charge on any atom is 0.260 e. The quantitative estimate of drug-likeness (QED) is 0.798. The summed E-state index contributed by atoms with van der Waals surface area (Å²) in [5.74, 6) is 0.817. The minimum atomic E-state index is -0.262. The van der Waals surface area contributed by atoms with Gasteiger partial charge < -0.3 is 15.5 Å². The summed E-state index contributed by atoms with van der Waals surface area (Å²) in [6.07, 6.45) is 2.25. The maximum absolute atomic E-state index is 12.0. The molecule has 4 N–H and O–H groups in total. The van der Waals surface area contributed by atoms with Crippen LogP contribution in [0.25, 0.3) is 0 Å². The van der Waals surface area contributed by atoms with Crippen molar-refractivity contribution in [1.29, 1.82) is 0 Å². The molecule has 6 heteroatoms. The molecule has 0 saturated carbocycles. The number of hydrogen-bond donors (Lipinski definition) is 3. The number of aromatic amines is 1. The lowest BCUT2D eigenvalue weighted by atomic mass is 9.91. The van der Waals surface area contributed by atoms with Crippen molar-refractivity contribution in [3.05, 3.63) is 35.4 Å². The number of carbonyl (C=O) groups is 1. The second-order valence-corrected chi connectivity index (χ2v) is 5.98. The summed E-state index contributed by atoms with van der Waals surface area (Å²) in [6, 6.07) is 3.46. The van der Waals surface area contributed by atoms with Crippen LogP contribution in [0.1, 0.15) is 42.6 Å². The van der Waals surface area contributed by atoms with Gasteiger partial charge in [0.05, 0.1) is 12.1 Å².